The molecule has 0 bridgehead atoms. The van der Waals surface area contributed by atoms with Crippen molar-refractivity contribution in [2.45, 2.75) is 44.8 Å². The lowest BCUT2D eigenvalue weighted by atomic mass is 10.0. The summed E-state index contributed by atoms with van der Waals surface area (Å²) >= 11 is 13.0. The first kappa shape index (κ1) is 40.7. The Morgan fingerprint density at radius 2 is 1.58 bits per heavy atom. The lowest BCUT2D eigenvalue weighted by Gasteiger charge is -2.31. The Balaban J connectivity index is 0.00000541. The predicted octanol–water partition coefficient (Wildman–Crippen LogP) is 6.05. The van der Waals surface area contributed by atoms with Gasteiger partial charge in [0.1, 0.15) is 21.9 Å². The number of nitrogens with zero attached hydrogens (tertiary/aromatic N) is 2. The Morgan fingerprint density at radius 1 is 0.962 bits per heavy atom. The highest BCUT2D eigenvalue weighted by Crippen LogP contribution is 2.39. The molecule has 1 saturated heterocycles. The van der Waals surface area contributed by atoms with Gasteiger partial charge in [0.2, 0.25) is 10.0 Å². The number of alkyl halides is 2. The number of carbonyl (C=O) groups is 1. The number of anilines is 1. The highest BCUT2D eigenvalue weighted by molar-refractivity contribution is 7.92. The third-order valence-corrected chi connectivity index (χ3v) is 11.0. The van der Waals surface area contributed by atoms with Gasteiger partial charge in [-0.1, -0.05) is 29.3 Å². The molecule has 1 aromatic heterocycles. The molecule has 0 radical (unpaired) electrons. The van der Waals surface area contributed by atoms with Crippen LogP contribution < -0.4 is 23.5 Å². The lowest BCUT2D eigenvalue weighted by Crippen LogP contribution is -2.43. The van der Waals surface area contributed by atoms with Gasteiger partial charge in [0, 0.05) is 38.2 Å². The molecule has 0 unspecified atom stereocenters. The van der Waals surface area contributed by atoms with Gasteiger partial charge >= 0.3 is 12.6 Å². The monoisotopic (exact) mass is 801 g/mol. The number of benzene rings is 2. The minimum atomic E-state index is -3.82. The molecule has 53 heavy (non-hydrogen) atoms. The average molecular weight is 803 g/mol. The lowest BCUT2D eigenvalue weighted by molar-refractivity contribution is -0.377. The number of pyridine rings is 1. The van der Waals surface area contributed by atoms with Gasteiger partial charge in [-0.15, -0.1) is 0 Å². The Bertz CT molecular complexity index is 1810. The van der Waals surface area contributed by atoms with E-state index >= 15 is 0 Å². The molecule has 2 saturated carbocycles. The maximum atomic E-state index is 14.0. The molecule has 6 rings (SSSR count). The van der Waals surface area contributed by atoms with Crippen LogP contribution >= 0.6 is 23.2 Å². The number of esters is 1. The molecule has 2 heterocycles. The van der Waals surface area contributed by atoms with Crippen LogP contribution in [0.15, 0.2) is 48.8 Å². The number of hydrogen-bond donors (Lipinski definition) is 0. The van der Waals surface area contributed by atoms with E-state index in [9.17, 15) is 22.0 Å². The fourth-order valence-corrected chi connectivity index (χ4v) is 7.23. The molecule has 17 heteroatoms. The van der Waals surface area contributed by atoms with E-state index in [4.69, 9.17) is 46.9 Å². The largest absolute Gasteiger partial charge is 0.870 e. The Kier molecular flexibility index (Phi) is 14.0. The molecule has 290 valence electrons. The zero-order valence-corrected chi connectivity index (χ0v) is 31.5. The zero-order chi connectivity index (χ0) is 36.8. The van der Waals surface area contributed by atoms with Crippen LogP contribution in [-0.2, 0) is 25.9 Å². The second-order valence-electron chi connectivity index (χ2n) is 13.3. The van der Waals surface area contributed by atoms with Crippen molar-refractivity contribution in [1.82, 2.24) is 4.90 Å². The molecule has 2 aliphatic carbocycles. The predicted molar refractivity (Wildman–Crippen MR) is 192 cm³/mol. The van der Waals surface area contributed by atoms with Gasteiger partial charge < -0.3 is 29.2 Å². The van der Waals surface area contributed by atoms with Gasteiger partial charge in [-0.2, -0.15) is 8.78 Å². The SMILES string of the molecule is CS(=O)(=O)N(CCN1CCOCC1)c1cc(C(=O)O[C@@H](Cc2c(Cl)c[nH+]cc2Cl)c2ccc(OC(F)F)c(OCC3CC3)c2)ccc1OCC1CC1.[OH-]. The fraction of sp³-hybridized carbons (Fsp3) is 0.500. The topological polar surface area (TPSA) is 148 Å². The van der Waals surface area contributed by atoms with E-state index in [1.54, 1.807) is 6.07 Å². The van der Waals surface area contributed by atoms with Gasteiger partial charge in [-0.3, -0.25) is 9.21 Å². The number of carbonyl (C=O) groups excluding carboxylic acids is 1. The Morgan fingerprint density at radius 3 is 2.19 bits per heavy atom. The van der Waals surface area contributed by atoms with Crippen LogP contribution in [-0.4, -0.2) is 90.2 Å². The maximum Gasteiger partial charge on any atom is 0.387 e. The number of rotatable bonds is 18. The number of aromatic amines is 1. The second kappa shape index (κ2) is 18.2. The number of aromatic nitrogens is 1. The van der Waals surface area contributed by atoms with Crippen molar-refractivity contribution in [3.8, 4) is 17.2 Å². The summed E-state index contributed by atoms with van der Waals surface area (Å²) in [6.45, 7) is 0.702. The Labute approximate surface area is 317 Å². The highest BCUT2D eigenvalue weighted by atomic mass is 35.5. The second-order valence-corrected chi connectivity index (χ2v) is 16.0. The average Bonchev–Trinajstić information content (AvgIpc) is 4.04. The first-order chi connectivity index (χ1) is 24.9. The van der Waals surface area contributed by atoms with Crippen molar-refractivity contribution in [2.75, 3.05) is 63.2 Å². The van der Waals surface area contributed by atoms with Crippen LogP contribution in [0, 0.1) is 11.8 Å². The van der Waals surface area contributed by atoms with Gasteiger partial charge in [-0.25, -0.2) is 18.2 Å². The molecule has 2 N–H and O–H groups in total. The van der Waals surface area contributed by atoms with Crippen LogP contribution in [0.3, 0.4) is 0 Å². The molecule has 1 atom stereocenters. The number of sulfonamides is 1. The molecule has 0 spiro atoms. The normalized spacial score (nSPS) is 16.8. The maximum absolute atomic E-state index is 14.0. The highest BCUT2D eigenvalue weighted by Gasteiger charge is 2.30. The first-order valence-electron chi connectivity index (χ1n) is 17.3. The quantitative estimate of drug-likeness (QED) is 0.139. The van der Waals surface area contributed by atoms with Crippen molar-refractivity contribution < 1.29 is 56.1 Å². The third-order valence-electron chi connectivity index (χ3n) is 9.12. The summed E-state index contributed by atoms with van der Waals surface area (Å²) in [5.74, 6) is 0.194. The molecular weight excluding hydrogens is 759 g/mol. The minimum absolute atomic E-state index is 0. The number of nitrogens with one attached hydrogen (secondary N) is 1. The molecule has 12 nitrogen and oxygen atoms in total. The van der Waals surface area contributed by atoms with Crippen molar-refractivity contribution in [1.29, 1.82) is 0 Å². The minimum Gasteiger partial charge on any atom is -0.870 e. The summed E-state index contributed by atoms with van der Waals surface area (Å²) in [5.41, 5.74) is 1.18. The third kappa shape index (κ3) is 11.5. The Hall–Kier alpha value is -3.47. The van der Waals surface area contributed by atoms with Crippen molar-refractivity contribution >= 4 is 44.9 Å². The van der Waals surface area contributed by atoms with Crippen molar-refractivity contribution in [3.05, 3.63) is 75.5 Å². The van der Waals surface area contributed by atoms with Crippen LogP contribution in [0.5, 0.6) is 17.2 Å². The van der Waals surface area contributed by atoms with Crippen LogP contribution in [0.2, 0.25) is 10.0 Å². The summed E-state index contributed by atoms with van der Waals surface area (Å²) in [4.78, 5) is 19.0. The molecule has 3 fully saturated rings. The van der Waals surface area contributed by atoms with E-state index in [0.717, 1.165) is 31.9 Å². The number of hydrogen-bond acceptors (Lipinski definition) is 10. The summed E-state index contributed by atoms with van der Waals surface area (Å²) in [6.07, 6.45) is 7.19. The zero-order valence-electron chi connectivity index (χ0n) is 29.1. The summed E-state index contributed by atoms with van der Waals surface area (Å²) < 4.78 is 82.7. The van der Waals surface area contributed by atoms with Crippen LogP contribution in [0.1, 0.15) is 53.3 Å². The summed E-state index contributed by atoms with van der Waals surface area (Å²) in [6, 6.07) is 8.92. The standard InChI is InChI=1S/C36H41Cl2F2N3O8S.H2O/c1-52(45,46)43(11-10-42-12-14-47-15-13-42)30-16-26(7-8-31(30)48-21-23-2-3-23)35(44)50-33(18-27-28(37)19-41-20-29(27)38)25-6-9-32(51-36(39)40)34(17-25)49-22-24-4-5-24;/h6-9,16-17,19-20,23-24,33,36H,2-5,10-15,18,21-22H2,1H3;1H2/t33-;/m0./s1. The van der Waals surface area contributed by atoms with E-state index in [2.05, 4.69) is 9.88 Å². The van der Waals surface area contributed by atoms with Gasteiger partial charge in [-0.05, 0) is 73.4 Å². The molecule has 1 aliphatic heterocycles. The van der Waals surface area contributed by atoms with E-state index in [1.165, 1.54) is 47.0 Å². The van der Waals surface area contributed by atoms with Gasteiger partial charge in [0.25, 0.3) is 0 Å². The smallest absolute Gasteiger partial charge is 0.387 e. The summed E-state index contributed by atoms with van der Waals surface area (Å²) in [5, 5.41) is 0.583. The van der Waals surface area contributed by atoms with E-state index in [0.29, 0.717) is 84.8 Å². The molecule has 3 aliphatic rings. The number of morpholine rings is 1. The molecule has 2 aromatic carbocycles. The molecule has 3 aromatic rings. The van der Waals surface area contributed by atoms with Gasteiger partial charge in [0.15, 0.2) is 23.9 Å². The van der Waals surface area contributed by atoms with E-state index in [1.807, 2.05) is 0 Å². The number of H-pyrrole nitrogens is 1. The van der Waals surface area contributed by atoms with Crippen molar-refractivity contribution in [3.63, 3.8) is 0 Å². The van der Waals surface area contributed by atoms with Gasteiger partial charge in [0.05, 0.1) is 43.9 Å². The number of halogens is 4. The van der Waals surface area contributed by atoms with Crippen LogP contribution in [0.25, 0.3) is 0 Å². The summed E-state index contributed by atoms with van der Waals surface area (Å²) in [7, 11) is -3.82. The van der Waals surface area contributed by atoms with Crippen molar-refractivity contribution in [2.24, 2.45) is 11.8 Å². The fourth-order valence-electron chi connectivity index (χ4n) is 5.78. The van der Waals surface area contributed by atoms with E-state index < -0.39 is 28.7 Å². The van der Waals surface area contributed by atoms with Crippen LogP contribution in [0.4, 0.5) is 14.5 Å². The van der Waals surface area contributed by atoms with E-state index in [-0.39, 0.29) is 41.2 Å². The number of ether oxygens (including phenoxy) is 5. The first-order valence-corrected chi connectivity index (χ1v) is 19.9. The molecular formula is C36H43Cl2F2N3O9S. The molecule has 0 amide bonds.